The van der Waals surface area contributed by atoms with E-state index >= 15 is 0 Å². The van der Waals surface area contributed by atoms with Crippen molar-refractivity contribution in [1.29, 1.82) is 0 Å². The van der Waals surface area contributed by atoms with Crippen molar-refractivity contribution >= 4 is 5.69 Å². The number of hydrogen-bond acceptors (Lipinski definition) is 4. The van der Waals surface area contributed by atoms with Crippen LogP contribution in [0.15, 0.2) is 64.1 Å². The molecule has 0 bridgehead atoms. The van der Waals surface area contributed by atoms with Gasteiger partial charge in [0.05, 0.1) is 19.4 Å². The first kappa shape index (κ1) is 15.9. The second-order valence-electron chi connectivity index (χ2n) is 5.64. The molecule has 0 atom stereocenters. The Labute approximate surface area is 140 Å². The summed E-state index contributed by atoms with van der Waals surface area (Å²) in [4.78, 5) is 12.3. The number of aromatic nitrogens is 1. The SMILES string of the molecule is Cc1c(N)cccc1Cn1ccc(OCCc2ccco2)cc1=O. The molecule has 3 aromatic rings. The third-order valence-corrected chi connectivity index (χ3v) is 3.99. The molecule has 2 N–H and O–H groups in total. The molecule has 0 fully saturated rings. The van der Waals surface area contributed by atoms with Gasteiger partial charge in [0, 0.05) is 24.4 Å². The lowest BCUT2D eigenvalue weighted by Gasteiger charge is -2.11. The highest BCUT2D eigenvalue weighted by atomic mass is 16.5. The topological polar surface area (TPSA) is 70.4 Å². The van der Waals surface area contributed by atoms with E-state index < -0.39 is 0 Å². The largest absolute Gasteiger partial charge is 0.493 e. The van der Waals surface area contributed by atoms with Gasteiger partial charge < -0.3 is 19.5 Å². The number of rotatable bonds is 6. The van der Waals surface area contributed by atoms with Crippen LogP contribution in [-0.2, 0) is 13.0 Å². The van der Waals surface area contributed by atoms with E-state index in [1.807, 2.05) is 37.3 Å². The third-order valence-electron chi connectivity index (χ3n) is 3.99. The predicted molar refractivity (Wildman–Crippen MR) is 93.3 cm³/mol. The molecule has 0 unspecified atom stereocenters. The van der Waals surface area contributed by atoms with Crippen molar-refractivity contribution in [3.63, 3.8) is 0 Å². The van der Waals surface area contributed by atoms with E-state index in [0.29, 0.717) is 25.3 Å². The van der Waals surface area contributed by atoms with Crippen LogP contribution < -0.4 is 16.0 Å². The maximum atomic E-state index is 12.3. The van der Waals surface area contributed by atoms with Gasteiger partial charge in [-0.1, -0.05) is 12.1 Å². The molecule has 0 radical (unpaired) electrons. The number of nitrogens with zero attached hydrogens (tertiary/aromatic N) is 1. The maximum absolute atomic E-state index is 12.3. The van der Waals surface area contributed by atoms with Gasteiger partial charge in [-0.05, 0) is 42.3 Å². The molecule has 0 spiro atoms. The summed E-state index contributed by atoms with van der Waals surface area (Å²) in [5.41, 5.74) is 8.58. The highest BCUT2D eigenvalue weighted by molar-refractivity contribution is 5.50. The van der Waals surface area contributed by atoms with Gasteiger partial charge in [0.15, 0.2) is 0 Å². The fourth-order valence-corrected chi connectivity index (χ4v) is 2.49. The summed E-state index contributed by atoms with van der Waals surface area (Å²) in [7, 11) is 0. The molecule has 24 heavy (non-hydrogen) atoms. The van der Waals surface area contributed by atoms with Crippen LogP contribution in [0.3, 0.4) is 0 Å². The Morgan fingerprint density at radius 1 is 1.21 bits per heavy atom. The number of furan rings is 1. The van der Waals surface area contributed by atoms with Gasteiger partial charge in [-0.2, -0.15) is 0 Å². The first-order chi connectivity index (χ1) is 11.6. The van der Waals surface area contributed by atoms with Crippen molar-refractivity contribution in [1.82, 2.24) is 4.57 Å². The van der Waals surface area contributed by atoms with Crippen LogP contribution in [0, 0.1) is 6.92 Å². The molecular formula is C19H20N2O3. The van der Waals surface area contributed by atoms with E-state index in [2.05, 4.69) is 0 Å². The number of hydrogen-bond donors (Lipinski definition) is 1. The minimum Gasteiger partial charge on any atom is -0.493 e. The smallest absolute Gasteiger partial charge is 0.254 e. The summed E-state index contributed by atoms with van der Waals surface area (Å²) in [6, 6.07) is 12.8. The van der Waals surface area contributed by atoms with Crippen molar-refractivity contribution in [3.8, 4) is 5.75 Å². The second-order valence-corrected chi connectivity index (χ2v) is 5.64. The third kappa shape index (κ3) is 3.68. The Hall–Kier alpha value is -2.95. The quantitative estimate of drug-likeness (QED) is 0.708. The van der Waals surface area contributed by atoms with Crippen LogP contribution in [0.25, 0.3) is 0 Å². The maximum Gasteiger partial charge on any atom is 0.254 e. The van der Waals surface area contributed by atoms with E-state index in [1.54, 1.807) is 23.1 Å². The number of pyridine rings is 1. The Bertz CT molecular complexity index is 867. The first-order valence-corrected chi connectivity index (χ1v) is 7.83. The van der Waals surface area contributed by atoms with Gasteiger partial charge >= 0.3 is 0 Å². The summed E-state index contributed by atoms with van der Waals surface area (Å²) in [5, 5.41) is 0. The van der Waals surface area contributed by atoms with Crippen molar-refractivity contribution in [2.75, 3.05) is 12.3 Å². The average Bonchev–Trinajstić information content (AvgIpc) is 3.07. The molecule has 2 aromatic heterocycles. The predicted octanol–water partition coefficient (Wildman–Crippen LogP) is 3.00. The highest BCUT2D eigenvalue weighted by Crippen LogP contribution is 2.16. The Morgan fingerprint density at radius 2 is 2.08 bits per heavy atom. The van der Waals surface area contributed by atoms with Crippen LogP contribution in [-0.4, -0.2) is 11.2 Å². The van der Waals surface area contributed by atoms with Crippen molar-refractivity contribution < 1.29 is 9.15 Å². The normalized spacial score (nSPS) is 10.7. The molecule has 0 aliphatic carbocycles. The zero-order chi connectivity index (χ0) is 16.9. The monoisotopic (exact) mass is 324 g/mol. The molecule has 2 heterocycles. The molecule has 5 heteroatoms. The van der Waals surface area contributed by atoms with E-state index in [4.69, 9.17) is 14.9 Å². The van der Waals surface area contributed by atoms with Gasteiger partial charge in [-0.3, -0.25) is 4.79 Å². The Balaban J connectivity index is 1.66. The van der Waals surface area contributed by atoms with E-state index in [9.17, 15) is 4.79 Å². The minimum absolute atomic E-state index is 0.104. The molecule has 5 nitrogen and oxygen atoms in total. The molecule has 0 amide bonds. The molecule has 124 valence electrons. The Morgan fingerprint density at radius 3 is 2.83 bits per heavy atom. The lowest BCUT2D eigenvalue weighted by molar-refractivity contribution is 0.308. The fourth-order valence-electron chi connectivity index (χ4n) is 2.49. The molecule has 3 rings (SSSR count). The van der Waals surface area contributed by atoms with Crippen molar-refractivity contribution in [3.05, 3.63) is 82.2 Å². The van der Waals surface area contributed by atoms with Crippen LogP contribution >= 0.6 is 0 Å². The zero-order valence-electron chi connectivity index (χ0n) is 13.6. The first-order valence-electron chi connectivity index (χ1n) is 7.83. The summed E-state index contributed by atoms with van der Waals surface area (Å²) in [6.07, 6.45) is 4.04. The van der Waals surface area contributed by atoms with Gasteiger partial charge in [0.25, 0.3) is 5.56 Å². The molecule has 0 aliphatic heterocycles. The van der Waals surface area contributed by atoms with E-state index in [0.717, 1.165) is 22.6 Å². The molecule has 0 aliphatic rings. The Kier molecular flexibility index (Phi) is 4.70. The molecule has 0 saturated heterocycles. The minimum atomic E-state index is -0.104. The fraction of sp³-hybridized carbons (Fsp3) is 0.211. The summed E-state index contributed by atoms with van der Waals surface area (Å²) < 4.78 is 12.5. The van der Waals surface area contributed by atoms with Gasteiger partial charge in [0.2, 0.25) is 0 Å². The van der Waals surface area contributed by atoms with Crippen molar-refractivity contribution in [2.24, 2.45) is 0 Å². The molecule has 1 aromatic carbocycles. The number of nitrogens with two attached hydrogens (primary N) is 1. The zero-order valence-corrected chi connectivity index (χ0v) is 13.6. The van der Waals surface area contributed by atoms with Gasteiger partial charge in [-0.25, -0.2) is 0 Å². The van der Waals surface area contributed by atoms with E-state index in [-0.39, 0.29) is 5.56 Å². The summed E-state index contributed by atoms with van der Waals surface area (Å²) in [6.45, 7) is 2.91. The average molecular weight is 324 g/mol. The van der Waals surface area contributed by atoms with Crippen LogP contribution in [0.5, 0.6) is 5.75 Å². The van der Waals surface area contributed by atoms with Crippen molar-refractivity contribution in [2.45, 2.75) is 19.9 Å². The molecular weight excluding hydrogens is 304 g/mol. The number of nitrogen functional groups attached to an aromatic ring is 1. The van der Waals surface area contributed by atoms with Crippen LogP contribution in [0.4, 0.5) is 5.69 Å². The highest BCUT2D eigenvalue weighted by Gasteiger charge is 2.05. The number of anilines is 1. The standard InChI is InChI=1S/C19H20N2O3/c1-14-15(4-2-6-18(14)20)13-21-9-7-17(12-19(21)22)24-11-8-16-5-3-10-23-16/h2-7,9-10,12H,8,11,13,20H2,1H3. The lowest BCUT2D eigenvalue weighted by atomic mass is 10.1. The van der Waals surface area contributed by atoms with E-state index in [1.165, 1.54) is 6.07 Å². The second kappa shape index (κ2) is 7.08. The molecule has 0 saturated carbocycles. The lowest BCUT2D eigenvalue weighted by Crippen LogP contribution is -2.20. The van der Waals surface area contributed by atoms with Gasteiger partial charge in [0.1, 0.15) is 11.5 Å². The summed E-state index contributed by atoms with van der Waals surface area (Å²) >= 11 is 0. The summed E-state index contributed by atoms with van der Waals surface area (Å²) in [5.74, 6) is 1.42. The van der Waals surface area contributed by atoms with Gasteiger partial charge in [-0.15, -0.1) is 0 Å². The van der Waals surface area contributed by atoms with Crippen LogP contribution in [0.1, 0.15) is 16.9 Å². The number of benzene rings is 1. The van der Waals surface area contributed by atoms with Crippen LogP contribution in [0.2, 0.25) is 0 Å². The number of ether oxygens (including phenoxy) is 1.